The molecule has 0 aromatic heterocycles. The molecule has 0 aliphatic carbocycles. The van der Waals surface area contributed by atoms with Crippen LogP contribution in [0.1, 0.15) is 32.8 Å². The molecule has 0 radical (unpaired) electrons. The molecule has 0 aliphatic rings. The van der Waals surface area contributed by atoms with Gasteiger partial charge in [0.05, 0.1) is 6.04 Å². The van der Waals surface area contributed by atoms with Gasteiger partial charge in [-0.25, -0.2) is 0 Å². The van der Waals surface area contributed by atoms with Crippen molar-refractivity contribution in [3.63, 3.8) is 0 Å². The third-order valence-electron chi connectivity index (χ3n) is 2.72. The summed E-state index contributed by atoms with van der Waals surface area (Å²) in [6.07, 6.45) is 2.19. The average molecular weight is 217 g/mol. The second-order valence-corrected chi connectivity index (χ2v) is 5.00. The lowest BCUT2D eigenvalue weighted by Crippen LogP contribution is -2.98. The fourth-order valence-corrected chi connectivity index (χ4v) is 1.87. The van der Waals surface area contributed by atoms with Crippen LogP contribution in [0.15, 0.2) is 30.3 Å². The smallest absolute Gasteiger partial charge is 0.177 e. The number of hydrogen-bond donors (Lipinski definition) is 1. The number of nitrogens with two attached hydrogens (primary N) is 1. The van der Waals surface area contributed by atoms with Crippen LogP contribution >= 0.6 is 0 Å². The van der Waals surface area contributed by atoms with Gasteiger partial charge in [0.1, 0.15) is 6.07 Å². The van der Waals surface area contributed by atoms with E-state index in [9.17, 15) is 0 Å². The van der Waals surface area contributed by atoms with Crippen molar-refractivity contribution in [2.75, 3.05) is 0 Å². The average Bonchev–Trinajstić information content (AvgIpc) is 2.27. The van der Waals surface area contributed by atoms with E-state index >= 15 is 0 Å². The van der Waals surface area contributed by atoms with E-state index in [2.05, 4.69) is 42.6 Å². The SMILES string of the molecule is C[C@@H](CCc1ccccc1)[NH2+]C(C)(C)C#N. The maximum atomic E-state index is 8.95. The third-order valence-corrected chi connectivity index (χ3v) is 2.72. The molecule has 0 unspecified atom stereocenters. The summed E-state index contributed by atoms with van der Waals surface area (Å²) in [4.78, 5) is 0. The molecule has 0 amide bonds. The van der Waals surface area contributed by atoms with Gasteiger partial charge in [-0.15, -0.1) is 0 Å². The highest BCUT2D eigenvalue weighted by molar-refractivity contribution is 5.14. The Morgan fingerprint density at radius 2 is 1.94 bits per heavy atom. The molecule has 0 fully saturated rings. The lowest BCUT2D eigenvalue weighted by atomic mass is 10.0. The van der Waals surface area contributed by atoms with Crippen molar-refractivity contribution in [2.45, 2.75) is 45.2 Å². The van der Waals surface area contributed by atoms with Crippen LogP contribution in [0.3, 0.4) is 0 Å². The molecule has 16 heavy (non-hydrogen) atoms. The van der Waals surface area contributed by atoms with E-state index in [-0.39, 0.29) is 5.54 Å². The number of aryl methyl sites for hydroxylation is 1. The minimum atomic E-state index is -0.309. The molecule has 2 N–H and O–H groups in total. The van der Waals surface area contributed by atoms with Gasteiger partial charge in [-0.05, 0) is 18.9 Å². The van der Waals surface area contributed by atoms with E-state index in [1.165, 1.54) is 5.56 Å². The van der Waals surface area contributed by atoms with Crippen LogP contribution in [0, 0.1) is 11.3 Å². The van der Waals surface area contributed by atoms with E-state index in [1.54, 1.807) is 0 Å². The Bertz CT molecular complexity index is 349. The summed E-state index contributed by atoms with van der Waals surface area (Å²) in [5, 5.41) is 11.1. The Labute approximate surface area is 98.3 Å². The first-order valence-corrected chi connectivity index (χ1v) is 5.85. The molecule has 0 spiro atoms. The highest BCUT2D eigenvalue weighted by Crippen LogP contribution is 2.03. The van der Waals surface area contributed by atoms with Crippen molar-refractivity contribution in [3.8, 4) is 6.07 Å². The molecule has 0 heterocycles. The fraction of sp³-hybridized carbons (Fsp3) is 0.500. The molecule has 86 valence electrons. The van der Waals surface area contributed by atoms with Gasteiger partial charge in [0.15, 0.2) is 5.54 Å². The molecule has 0 bridgehead atoms. The molecule has 1 aromatic carbocycles. The monoisotopic (exact) mass is 217 g/mol. The molecular weight excluding hydrogens is 196 g/mol. The van der Waals surface area contributed by atoms with Gasteiger partial charge in [0.2, 0.25) is 0 Å². The Kier molecular flexibility index (Phi) is 4.52. The van der Waals surface area contributed by atoms with Crippen LogP contribution in [0.25, 0.3) is 0 Å². The largest absolute Gasteiger partial charge is 0.328 e. The maximum Gasteiger partial charge on any atom is 0.177 e. The first-order chi connectivity index (χ1) is 7.53. The number of benzene rings is 1. The van der Waals surface area contributed by atoms with Crippen LogP contribution < -0.4 is 5.32 Å². The van der Waals surface area contributed by atoms with Crippen molar-refractivity contribution >= 4 is 0 Å². The summed E-state index contributed by atoms with van der Waals surface area (Å²) < 4.78 is 0. The fourth-order valence-electron chi connectivity index (χ4n) is 1.87. The predicted octanol–water partition coefficient (Wildman–Crippen LogP) is 1.87. The van der Waals surface area contributed by atoms with E-state index in [1.807, 2.05) is 19.9 Å². The van der Waals surface area contributed by atoms with Crippen LogP contribution in [-0.2, 0) is 6.42 Å². The molecule has 2 nitrogen and oxygen atoms in total. The van der Waals surface area contributed by atoms with Gasteiger partial charge < -0.3 is 5.32 Å². The van der Waals surface area contributed by atoms with Gasteiger partial charge in [-0.3, -0.25) is 0 Å². The second-order valence-electron chi connectivity index (χ2n) is 5.00. The summed E-state index contributed by atoms with van der Waals surface area (Å²) in [5.74, 6) is 0. The second kappa shape index (κ2) is 5.67. The van der Waals surface area contributed by atoms with Crippen molar-refractivity contribution in [1.82, 2.24) is 0 Å². The Hall–Kier alpha value is -1.33. The quantitative estimate of drug-likeness (QED) is 0.803. The Balaban J connectivity index is 2.37. The third kappa shape index (κ3) is 4.46. The van der Waals surface area contributed by atoms with Crippen LogP contribution in [0.2, 0.25) is 0 Å². The number of nitrogens with zero attached hydrogens (tertiary/aromatic N) is 1. The molecule has 1 rings (SSSR count). The lowest BCUT2D eigenvalue weighted by molar-refractivity contribution is -0.735. The standard InChI is InChI=1S/C14H20N2/c1-12(16-14(2,3)11-15)9-10-13-7-5-4-6-8-13/h4-8,12,16H,9-10H2,1-3H3/p+1/t12-/m0/s1. The van der Waals surface area contributed by atoms with Crippen molar-refractivity contribution < 1.29 is 5.32 Å². The molecule has 1 aromatic rings. The van der Waals surface area contributed by atoms with Crippen molar-refractivity contribution in [1.29, 1.82) is 5.26 Å². The van der Waals surface area contributed by atoms with Crippen molar-refractivity contribution in [3.05, 3.63) is 35.9 Å². The summed E-state index contributed by atoms with van der Waals surface area (Å²) in [7, 11) is 0. The number of hydrogen-bond acceptors (Lipinski definition) is 1. The molecule has 2 heteroatoms. The van der Waals surface area contributed by atoms with Gasteiger partial charge >= 0.3 is 0 Å². The van der Waals surface area contributed by atoms with Gasteiger partial charge in [-0.2, -0.15) is 5.26 Å². The molecular formula is C14H21N2+. The van der Waals surface area contributed by atoms with Crippen LogP contribution in [-0.4, -0.2) is 11.6 Å². The Morgan fingerprint density at radius 3 is 2.50 bits per heavy atom. The highest BCUT2D eigenvalue weighted by atomic mass is 15.0. The summed E-state index contributed by atoms with van der Waals surface area (Å²) in [5.41, 5.74) is 1.06. The highest BCUT2D eigenvalue weighted by Gasteiger charge is 2.22. The van der Waals surface area contributed by atoms with E-state index in [0.717, 1.165) is 12.8 Å². The summed E-state index contributed by atoms with van der Waals surface area (Å²) in [6, 6.07) is 13.3. The van der Waals surface area contributed by atoms with Gasteiger partial charge in [-0.1, -0.05) is 30.3 Å². The maximum absolute atomic E-state index is 8.95. The molecule has 1 atom stereocenters. The van der Waals surface area contributed by atoms with E-state index in [0.29, 0.717) is 6.04 Å². The number of rotatable bonds is 5. The zero-order valence-corrected chi connectivity index (χ0v) is 10.4. The minimum Gasteiger partial charge on any atom is -0.328 e. The van der Waals surface area contributed by atoms with Gasteiger partial charge in [0.25, 0.3) is 0 Å². The van der Waals surface area contributed by atoms with Crippen LogP contribution in [0.5, 0.6) is 0 Å². The summed E-state index contributed by atoms with van der Waals surface area (Å²) >= 11 is 0. The number of nitriles is 1. The predicted molar refractivity (Wildman–Crippen MR) is 65.8 cm³/mol. The minimum absolute atomic E-state index is 0.309. The molecule has 0 saturated heterocycles. The van der Waals surface area contributed by atoms with E-state index in [4.69, 9.17) is 5.26 Å². The topological polar surface area (TPSA) is 40.4 Å². The van der Waals surface area contributed by atoms with Crippen LogP contribution in [0.4, 0.5) is 0 Å². The molecule has 0 saturated carbocycles. The summed E-state index contributed by atoms with van der Waals surface area (Å²) in [6.45, 7) is 6.11. The van der Waals surface area contributed by atoms with Gasteiger partial charge in [0, 0.05) is 20.3 Å². The normalized spacial score (nSPS) is 13.1. The first kappa shape index (κ1) is 12.7. The first-order valence-electron chi connectivity index (χ1n) is 5.85. The zero-order chi connectivity index (χ0) is 12.0. The number of quaternary nitrogens is 1. The zero-order valence-electron chi connectivity index (χ0n) is 10.4. The van der Waals surface area contributed by atoms with Crippen molar-refractivity contribution in [2.24, 2.45) is 0 Å². The van der Waals surface area contributed by atoms with E-state index < -0.39 is 0 Å². The Morgan fingerprint density at radius 1 is 1.31 bits per heavy atom. The molecule has 0 aliphatic heterocycles. The lowest BCUT2D eigenvalue weighted by Gasteiger charge is -2.19.